The van der Waals surface area contributed by atoms with Gasteiger partial charge in [0, 0.05) is 5.75 Å². The van der Waals surface area contributed by atoms with Crippen molar-refractivity contribution in [2.24, 2.45) is 0 Å². The molecule has 6 heteroatoms. The summed E-state index contributed by atoms with van der Waals surface area (Å²) in [6.07, 6.45) is 1.46. The summed E-state index contributed by atoms with van der Waals surface area (Å²) in [5, 5.41) is 10.1. The lowest BCUT2D eigenvalue weighted by atomic mass is 10.2. The van der Waals surface area contributed by atoms with E-state index in [0.717, 1.165) is 12.2 Å². The first-order valence-electron chi connectivity index (χ1n) is 7.30. The van der Waals surface area contributed by atoms with Crippen LogP contribution in [0.3, 0.4) is 0 Å². The minimum absolute atomic E-state index is 0.190. The molecule has 0 saturated heterocycles. The van der Waals surface area contributed by atoms with Gasteiger partial charge in [-0.1, -0.05) is 37.7 Å². The van der Waals surface area contributed by atoms with E-state index < -0.39 is 0 Å². The Hall–Kier alpha value is -1.95. The van der Waals surface area contributed by atoms with Gasteiger partial charge >= 0.3 is 0 Å². The molecule has 0 atom stereocenters. The number of thioether (sulfide) groups is 1. The monoisotopic (exact) mass is 320 g/mol. The maximum atomic E-state index is 11.7. The van der Waals surface area contributed by atoms with Crippen LogP contribution < -0.4 is 10.3 Å². The summed E-state index contributed by atoms with van der Waals surface area (Å²) in [5.74, 6) is 1.26. The van der Waals surface area contributed by atoms with Crippen LogP contribution in [0.2, 0.25) is 0 Å². The zero-order valence-corrected chi connectivity index (χ0v) is 13.6. The van der Waals surface area contributed by atoms with Crippen LogP contribution in [0.15, 0.2) is 34.2 Å². The fraction of sp³-hybridized carbons (Fsp3) is 0.375. The first-order valence-corrected chi connectivity index (χ1v) is 8.29. The molecule has 0 radical (unpaired) electrons. The molecule has 118 valence electrons. The molecule has 1 heterocycles. The number of aromatic amines is 1. The third-order valence-corrected chi connectivity index (χ3v) is 4.09. The molecule has 0 aliphatic rings. The number of nitrogens with one attached hydrogen (secondary N) is 1. The van der Waals surface area contributed by atoms with E-state index in [9.17, 15) is 9.90 Å². The van der Waals surface area contributed by atoms with E-state index in [1.54, 1.807) is 6.92 Å². The molecule has 0 spiro atoms. The van der Waals surface area contributed by atoms with E-state index in [0.29, 0.717) is 29.5 Å². The Bertz CT molecular complexity index is 668. The lowest BCUT2D eigenvalue weighted by Gasteiger charge is -2.07. The van der Waals surface area contributed by atoms with E-state index in [1.165, 1.54) is 17.3 Å². The van der Waals surface area contributed by atoms with Gasteiger partial charge in [-0.3, -0.25) is 4.79 Å². The molecular weight excluding hydrogens is 300 g/mol. The van der Waals surface area contributed by atoms with Crippen molar-refractivity contribution in [3.8, 4) is 11.6 Å². The normalized spacial score (nSPS) is 10.6. The number of nitrogens with zero attached hydrogens (tertiary/aromatic N) is 1. The highest BCUT2D eigenvalue weighted by molar-refractivity contribution is 7.99. The lowest BCUT2D eigenvalue weighted by Crippen LogP contribution is -2.14. The van der Waals surface area contributed by atoms with Gasteiger partial charge in [0.1, 0.15) is 5.75 Å². The number of aromatic nitrogens is 2. The Balaban J connectivity index is 1.84. The highest BCUT2D eigenvalue weighted by atomic mass is 32.2. The third-order valence-electron chi connectivity index (χ3n) is 3.25. The first-order chi connectivity index (χ1) is 10.6. The van der Waals surface area contributed by atoms with Crippen molar-refractivity contribution in [2.75, 3.05) is 12.4 Å². The molecule has 2 rings (SSSR count). The Labute approximate surface area is 133 Å². The molecule has 5 nitrogen and oxygen atoms in total. The van der Waals surface area contributed by atoms with Crippen LogP contribution in [0.4, 0.5) is 0 Å². The van der Waals surface area contributed by atoms with E-state index in [-0.39, 0.29) is 11.4 Å². The van der Waals surface area contributed by atoms with Crippen LogP contribution in [0.1, 0.15) is 25.0 Å². The van der Waals surface area contributed by atoms with Gasteiger partial charge in [0.25, 0.3) is 5.56 Å². The molecule has 2 aromatic rings. The van der Waals surface area contributed by atoms with Crippen LogP contribution in [0.25, 0.3) is 0 Å². The van der Waals surface area contributed by atoms with Crippen LogP contribution >= 0.6 is 11.8 Å². The minimum atomic E-state index is -0.284. The smallest absolute Gasteiger partial charge is 0.258 e. The maximum absolute atomic E-state index is 11.7. The fourth-order valence-corrected chi connectivity index (χ4v) is 2.65. The van der Waals surface area contributed by atoms with Crippen molar-refractivity contribution in [2.45, 2.75) is 31.8 Å². The molecule has 1 aromatic heterocycles. The highest BCUT2D eigenvalue weighted by Gasteiger charge is 2.08. The molecule has 0 fully saturated rings. The first kappa shape index (κ1) is 16.4. The quantitative estimate of drug-likeness (QED) is 0.466. The van der Waals surface area contributed by atoms with Gasteiger partial charge in [0.2, 0.25) is 5.88 Å². The standard InChI is InChI=1S/C16H20N2O3S/c1-3-11-5-7-12(8-6-11)21-9-10-22-16-17-14(19)13(4-2)15(20)18-16/h5-8H,3-4,9-10H2,1-2H3,(H2,17,18,19,20). The summed E-state index contributed by atoms with van der Waals surface area (Å²) in [6.45, 7) is 4.41. The predicted octanol–water partition coefficient (Wildman–Crippen LogP) is 2.77. The van der Waals surface area contributed by atoms with Crippen molar-refractivity contribution in [1.82, 2.24) is 9.97 Å². The summed E-state index contributed by atoms with van der Waals surface area (Å²) in [6, 6.07) is 7.99. The lowest BCUT2D eigenvalue weighted by molar-refractivity contribution is 0.343. The zero-order valence-electron chi connectivity index (χ0n) is 12.8. The molecular formula is C16H20N2O3S. The number of hydrogen-bond donors (Lipinski definition) is 2. The van der Waals surface area contributed by atoms with E-state index in [1.807, 2.05) is 24.3 Å². The molecule has 0 bridgehead atoms. The SMILES string of the molecule is CCc1ccc(OCCSc2nc(O)c(CC)c(=O)[nH]2)cc1. The van der Waals surface area contributed by atoms with Crippen LogP contribution in [-0.4, -0.2) is 27.4 Å². The number of aromatic hydroxyl groups is 1. The summed E-state index contributed by atoms with van der Waals surface area (Å²) in [7, 11) is 0. The summed E-state index contributed by atoms with van der Waals surface area (Å²) >= 11 is 1.34. The molecule has 22 heavy (non-hydrogen) atoms. The van der Waals surface area contributed by atoms with Gasteiger partial charge in [-0.05, 0) is 30.5 Å². The predicted molar refractivity (Wildman–Crippen MR) is 87.9 cm³/mol. The van der Waals surface area contributed by atoms with Gasteiger partial charge in [-0.15, -0.1) is 0 Å². The van der Waals surface area contributed by atoms with Gasteiger partial charge in [-0.25, -0.2) is 0 Å². The molecule has 0 unspecified atom stereocenters. The van der Waals surface area contributed by atoms with Crippen LogP contribution in [-0.2, 0) is 12.8 Å². The molecule has 0 aliphatic heterocycles. The van der Waals surface area contributed by atoms with Crippen molar-refractivity contribution >= 4 is 11.8 Å². The van der Waals surface area contributed by atoms with Crippen LogP contribution in [0, 0.1) is 0 Å². The second-order valence-electron chi connectivity index (χ2n) is 4.72. The molecule has 2 N–H and O–H groups in total. The van der Waals surface area contributed by atoms with Crippen molar-refractivity contribution in [3.63, 3.8) is 0 Å². The number of H-pyrrole nitrogens is 1. The summed E-state index contributed by atoms with van der Waals surface area (Å²) in [4.78, 5) is 18.3. The average Bonchev–Trinajstić information content (AvgIpc) is 2.52. The number of ether oxygens (including phenoxy) is 1. The largest absolute Gasteiger partial charge is 0.493 e. The Morgan fingerprint density at radius 1 is 1.23 bits per heavy atom. The summed E-state index contributed by atoms with van der Waals surface area (Å²) in [5.41, 5.74) is 1.31. The Morgan fingerprint density at radius 3 is 2.55 bits per heavy atom. The van der Waals surface area contributed by atoms with E-state index in [4.69, 9.17) is 4.74 Å². The maximum Gasteiger partial charge on any atom is 0.258 e. The number of hydrogen-bond acceptors (Lipinski definition) is 5. The number of benzene rings is 1. The van der Waals surface area contributed by atoms with E-state index >= 15 is 0 Å². The van der Waals surface area contributed by atoms with Gasteiger partial charge in [0.05, 0.1) is 12.2 Å². The van der Waals surface area contributed by atoms with E-state index in [2.05, 4.69) is 16.9 Å². The summed E-state index contributed by atoms with van der Waals surface area (Å²) < 4.78 is 5.63. The van der Waals surface area contributed by atoms with Crippen molar-refractivity contribution in [1.29, 1.82) is 0 Å². The Morgan fingerprint density at radius 2 is 1.95 bits per heavy atom. The van der Waals surface area contributed by atoms with Crippen molar-refractivity contribution in [3.05, 3.63) is 45.7 Å². The molecule has 0 saturated carbocycles. The van der Waals surface area contributed by atoms with Crippen LogP contribution in [0.5, 0.6) is 11.6 Å². The minimum Gasteiger partial charge on any atom is -0.493 e. The molecule has 1 aromatic carbocycles. The molecule has 0 aliphatic carbocycles. The zero-order chi connectivity index (χ0) is 15.9. The average molecular weight is 320 g/mol. The topological polar surface area (TPSA) is 75.2 Å². The second kappa shape index (κ2) is 7.89. The molecule has 0 amide bonds. The number of aryl methyl sites for hydroxylation is 1. The highest BCUT2D eigenvalue weighted by Crippen LogP contribution is 2.17. The third kappa shape index (κ3) is 4.27. The number of rotatable bonds is 7. The fourth-order valence-electron chi connectivity index (χ4n) is 1.97. The Kier molecular flexibility index (Phi) is 5.89. The van der Waals surface area contributed by atoms with Gasteiger partial charge < -0.3 is 14.8 Å². The second-order valence-corrected chi connectivity index (χ2v) is 5.80. The van der Waals surface area contributed by atoms with Gasteiger partial charge in [0.15, 0.2) is 5.16 Å². The van der Waals surface area contributed by atoms with Crippen molar-refractivity contribution < 1.29 is 9.84 Å². The van der Waals surface area contributed by atoms with Gasteiger partial charge in [-0.2, -0.15) is 4.98 Å².